The average molecular weight is 318 g/mol. The van der Waals surface area contributed by atoms with Crippen molar-refractivity contribution in [3.8, 4) is 0 Å². The summed E-state index contributed by atoms with van der Waals surface area (Å²) in [5.41, 5.74) is 5.85. The van der Waals surface area contributed by atoms with E-state index in [0.717, 1.165) is 23.7 Å². The van der Waals surface area contributed by atoms with E-state index in [4.69, 9.17) is 5.73 Å². The van der Waals surface area contributed by atoms with Gasteiger partial charge in [0.25, 0.3) is 0 Å². The number of benzene rings is 1. The van der Waals surface area contributed by atoms with E-state index in [1.54, 1.807) is 24.3 Å². The van der Waals surface area contributed by atoms with Gasteiger partial charge in [-0.2, -0.15) is 0 Å². The third-order valence-electron chi connectivity index (χ3n) is 3.25. The molecule has 1 saturated carbocycles. The fourth-order valence-electron chi connectivity index (χ4n) is 2.28. The van der Waals surface area contributed by atoms with Crippen molar-refractivity contribution in [3.05, 3.63) is 28.7 Å². The lowest BCUT2D eigenvalue weighted by molar-refractivity contribution is 0.433. The van der Waals surface area contributed by atoms with Gasteiger partial charge in [0, 0.05) is 10.5 Å². The van der Waals surface area contributed by atoms with E-state index in [1.165, 1.54) is 0 Å². The highest BCUT2D eigenvalue weighted by atomic mass is 79.9. The molecular weight excluding hydrogens is 302 g/mol. The first kappa shape index (κ1) is 13.1. The smallest absolute Gasteiger partial charge is 0.181 e. The number of halogens is 1. The van der Waals surface area contributed by atoms with Crippen LogP contribution in [0, 0.1) is 0 Å². The van der Waals surface area contributed by atoms with E-state index in [9.17, 15) is 8.42 Å². The summed E-state index contributed by atoms with van der Waals surface area (Å²) in [6.07, 6.45) is 3.15. The van der Waals surface area contributed by atoms with Gasteiger partial charge in [-0.3, -0.25) is 0 Å². The third-order valence-corrected chi connectivity index (χ3v) is 6.01. The molecule has 0 spiro atoms. The lowest BCUT2D eigenvalue weighted by atomic mass is 9.96. The summed E-state index contributed by atoms with van der Waals surface area (Å²) in [4.78, 5) is 0.403. The van der Waals surface area contributed by atoms with Crippen molar-refractivity contribution in [1.29, 1.82) is 0 Å². The number of hydrogen-bond donors (Lipinski definition) is 1. The van der Waals surface area contributed by atoms with E-state index in [2.05, 4.69) is 15.9 Å². The van der Waals surface area contributed by atoms with Crippen molar-refractivity contribution in [2.75, 3.05) is 0 Å². The minimum absolute atomic E-state index is 0.0268. The summed E-state index contributed by atoms with van der Waals surface area (Å²) in [7, 11) is -3.21. The van der Waals surface area contributed by atoms with Crippen LogP contribution in [0.3, 0.4) is 0 Å². The molecular formula is C12H16BrNO2S. The molecule has 3 nitrogen and oxygen atoms in total. The number of nitrogens with two attached hydrogens (primary N) is 1. The zero-order valence-corrected chi connectivity index (χ0v) is 11.9. The molecule has 1 fully saturated rings. The van der Waals surface area contributed by atoms with Gasteiger partial charge in [0.15, 0.2) is 9.84 Å². The fraction of sp³-hybridized carbons (Fsp3) is 0.500. The summed E-state index contributed by atoms with van der Waals surface area (Å²) in [5.74, 6) is 0. The molecule has 2 atom stereocenters. The van der Waals surface area contributed by atoms with Crippen LogP contribution in [-0.4, -0.2) is 19.7 Å². The largest absolute Gasteiger partial charge is 0.328 e. The van der Waals surface area contributed by atoms with Crippen molar-refractivity contribution < 1.29 is 8.42 Å². The molecule has 2 N–H and O–H groups in total. The zero-order valence-electron chi connectivity index (χ0n) is 9.47. The van der Waals surface area contributed by atoms with E-state index in [-0.39, 0.29) is 11.3 Å². The highest BCUT2D eigenvalue weighted by Gasteiger charge is 2.31. The topological polar surface area (TPSA) is 60.2 Å². The van der Waals surface area contributed by atoms with Gasteiger partial charge in [-0.1, -0.05) is 22.4 Å². The van der Waals surface area contributed by atoms with Crippen LogP contribution in [0.4, 0.5) is 0 Å². The Bertz CT molecular complexity index is 484. The summed E-state index contributed by atoms with van der Waals surface area (Å²) < 4.78 is 25.6. The lowest BCUT2D eigenvalue weighted by Crippen LogP contribution is -2.35. The molecule has 17 heavy (non-hydrogen) atoms. The summed E-state index contributed by atoms with van der Waals surface area (Å²) in [6.45, 7) is 0. The van der Waals surface area contributed by atoms with Gasteiger partial charge in [-0.05, 0) is 43.5 Å². The predicted octanol–water partition coefficient (Wildman–Crippen LogP) is 2.49. The van der Waals surface area contributed by atoms with Gasteiger partial charge < -0.3 is 5.73 Å². The number of hydrogen-bond acceptors (Lipinski definition) is 3. The molecule has 1 aromatic carbocycles. The van der Waals surface area contributed by atoms with Crippen molar-refractivity contribution in [3.63, 3.8) is 0 Å². The molecule has 2 unspecified atom stereocenters. The number of sulfone groups is 1. The number of rotatable bonds is 2. The van der Waals surface area contributed by atoms with Crippen LogP contribution in [0.25, 0.3) is 0 Å². The second kappa shape index (κ2) is 5.08. The summed E-state index contributed by atoms with van der Waals surface area (Å²) in [6, 6.07) is 6.85. The molecule has 0 aromatic heterocycles. The second-order valence-corrected chi connectivity index (χ2v) is 7.69. The lowest BCUT2D eigenvalue weighted by Gasteiger charge is -2.26. The van der Waals surface area contributed by atoms with Gasteiger partial charge in [-0.15, -0.1) is 0 Å². The molecule has 0 bridgehead atoms. The third kappa shape index (κ3) is 2.89. The Kier molecular flexibility index (Phi) is 3.90. The van der Waals surface area contributed by atoms with Crippen LogP contribution in [0.2, 0.25) is 0 Å². The monoisotopic (exact) mass is 317 g/mol. The zero-order chi connectivity index (χ0) is 12.5. The SMILES string of the molecule is NC1CCCC(S(=O)(=O)c2ccc(Br)cc2)C1. The van der Waals surface area contributed by atoms with Crippen molar-refractivity contribution in [2.24, 2.45) is 5.73 Å². The highest BCUT2D eigenvalue weighted by molar-refractivity contribution is 9.10. The highest BCUT2D eigenvalue weighted by Crippen LogP contribution is 2.28. The molecule has 1 aromatic rings. The maximum absolute atomic E-state index is 12.4. The van der Waals surface area contributed by atoms with E-state index in [1.807, 2.05) is 0 Å². The first-order valence-electron chi connectivity index (χ1n) is 5.75. The maximum atomic E-state index is 12.4. The Morgan fingerprint density at radius 1 is 1.18 bits per heavy atom. The molecule has 2 rings (SSSR count). The van der Waals surface area contributed by atoms with Gasteiger partial charge >= 0.3 is 0 Å². The Morgan fingerprint density at radius 3 is 2.41 bits per heavy atom. The fourth-order valence-corrected chi connectivity index (χ4v) is 4.42. The standard InChI is InChI=1S/C12H16BrNO2S/c13-9-4-6-11(7-5-9)17(15,16)12-3-1-2-10(14)8-12/h4-7,10,12H,1-3,8,14H2. The Hall–Kier alpha value is -0.390. The average Bonchev–Trinajstić information content (AvgIpc) is 2.29. The molecule has 1 aliphatic carbocycles. The minimum Gasteiger partial charge on any atom is -0.328 e. The first-order chi connectivity index (χ1) is 8.00. The van der Waals surface area contributed by atoms with E-state index < -0.39 is 9.84 Å². The molecule has 94 valence electrons. The van der Waals surface area contributed by atoms with Crippen molar-refractivity contribution in [1.82, 2.24) is 0 Å². The maximum Gasteiger partial charge on any atom is 0.181 e. The van der Waals surface area contributed by atoms with Crippen molar-refractivity contribution >= 4 is 25.8 Å². The Balaban J connectivity index is 2.26. The molecule has 0 aliphatic heterocycles. The van der Waals surface area contributed by atoms with Crippen LogP contribution in [0.15, 0.2) is 33.6 Å². The van der Waals surface area contributed by atoms with Crippen LogP contribution in [0.1, 0.15) is 25.7 Å². The van der Waals surface area contributed by atoms with Crippen LogP contribution in [-0.2, 0) is 9.84 Å². The van der Waals surface area contributed by atoms with Gasteiger partial charge in [0.05, 0.1) is 10.1 Å². The molecule has 0 radical (unpaired) electrons. The minimum atomic E-state index is -3.21. The quantitative estimate of drug-likeness (QED) is 0.911. The molecule has 1 aliphatic rings. The van der Waals surface area contributed by atoms with Crippen molar-refractivity contribution in [2.45, 2.75) is 41.9 Å². The van der Waals surface area contributed by atoms with Gasteiger partial charge in [-0.25, -0.2) is 8.42 Å². The van der Waals surface area contributed by atoms with Crippen LogP contribution >= 0.6 is 15.9 Å². The van der Waals surface area contributed by atoms with Crippen LogP contribution in [0.5, 0.6) is 0 Å². The van der Waals surface area contributed by atoms with Gasteiger partial charge in [0.1, 0.15) is 0 Å². The Labute approximate surface area is 110 Å². The molecule has 0 amide bonds. The van der Waals surface area contributed by atoms with Crippen LogP contribution < -0.4 is 5.73 Å². The predicted molar refractivity (Wildman–Crippen MR) is 71.6 cm³/mol. The molecule has 5 heteroatoms. The summed E-state index contributed by atoms with van der Waals surface area (Å²) >= 11 is 3.30. The normalized spacial score (nSPS) is 25.8. The van der Waals surface area contributed by atoms with E-state index in [0.29, 0.717) is 11.3 Å². The van der Waals surface area contributed by atoms with E-state index >= 15 is 0 Å². The first-order valence-corrected chi connectivity index (χ1v) is 8.09. The van der Waals surface area contributed by atoms with Gasteiger partial charge in [0.2, 0.25) is 0 Å². The molecule has 0 heterocycles. The Morgan fingerprint density at radius 2 is 1.82 bits per heavy atom. The molecule has 0 saturated heterocycles. The second-order valence-electron chi connectivity index (χ2n) is 4.55. The summed E-state index contributed by atoms with van der Waals surface area (Å²) in [5, 5.41) is -0.313.